The molecule has 0 atom stereocenters. The van der Waals surface area contributed by atoms with Crippen LogP contribution in [-0.2, 0) is 6.61 Å². The van der Waals surface area contributed by atoms with E-state index < -0.39 is 0 Å². The summed E-state index contributed by atoms with van der Waals surface area (Å²) >= 11 is 0. The Morgan fingerprint density at radius 2 is 1.93 bits per heavy atom. The summed E-state index contributed by atoms with van der Waals surface area (Å²) < 4.78 is 17.1. The minimum Gasteiger partial charge on any atom is -0.497 e. The SMILES string of the molecule is COc1cccc(COc2ccc3c(c2C)O/C(=C\c2ccncc2)C3=O)c1. The van der Waals surface area contributed by atoms with E-state index in [1.165, 1.54) is 0 Å². The van der Waals surface area contributed by atoms with Gasteiger partial charge in [0.1, 0.15) is 23.9 Å². The molecule has 4 rings (SSSR count). The smallest absolute Gasteiger partial charge is 0.231 e. The quantitative estimate of drug-likeness (QED) is 0.612. The summed E-state index contributed by atoms with van der Waals surface area (Å²) in [5, 5.41) is 0. The lowest BCUT2D eigenvalue weighted by molar-refractivity contribution is 0.101. The van der Waals surface area contributed by atoms with E-state index in [2.05, 4.69) is 4.98 Å². The van der Waals surface area contributed by atoms with Crippen LogP contribution in [0.15, 0.2) is 66.7 Å². The van der Waals surface area contributed by atoms with E-state index in [1.807, 2.05) is 49.4 Å². The molecule has 0 saturated heterocycles. The van der Waals surface area contributed by atoms with E-state index in [-0.39, 0.29) is 5.78 Å². The average molecular weight is 373 g/mol. The lowest BCUT2D eigenvalue weighted by atomic mass is 10.1. The van der Waals surface area contributed by atoms with Crippen LogP contribution >= 0.6 is 0 Å². The Morgan fingerprint density at radius 1 is 1.11 bits per heavy atom. The molecular formula is C23H19NO4. The van der Waals surface area contributed by atoms with E-state index >= 15 is 0 Å². The van der Waals surface area contributed by atoms with Crippen LogP contribution in [0.25, 0.3) is 6.08 Å². The normalized spacial score (nSPS) is 13.9. The highest BCUT2D eigenvalue weighted by Crippen LogP contribution is 2.39. The monoisotopic (exact) mass is 373 g/mol. The van der Waals surface area contributed by atoms with E-state index in [0.717, 1.165) is 22.4 Å². The third-order valence-corrected chi connectivity index (χ3v) is 4.57. The van der Waals surface area contributed by atoms with Crippen molar-refractivity contribution in [3.63, 3.8) is 0 Å². The van der Waals surface area contributed by atoms with Crippen molar-refractivity contribution >= 4 is 11.9 Å². The number of aromatic nitrogens is 1. The summed E-state index contributed by atoms with van der Waals surface area (Å²) in [4.78, 5) is 16.6. The molecule has 5 heteroatoms. The largest absolute Gasteiger partial charge is 0.497 e. The maximum absolute atomic E-state index is 12.7. The van der Waals surface area contributed by atoms with Gasteiger partial charge in [0.05, 0.1) is 12.7 Å². The maximum atomic E-state index is 12.7. The first-order valence-corrected chi connectivity index (χ1v) is 8.89. The Bertz CT molecular complexity index is 1060. The minimum absolute atomic E-state index is 0.130. The predicted molar refractivity (Wildman–Crippen MR) is 106 cm³/mol. The number of Topliss-reactive ketones (excluding diaryl/α,β-unsaturated/α-hetero) is 1. The van der Waals surface area contributed by atoms with E-state index in [1.54, 1.807) is 31.6 Å². The molecule has 3 aromatic rings. The van der Waals surface area contributed by atoms with Crippen molar-refractivity contribution in [2.45, 2.75) is 13.5 Å². The van der Waals surface area contributed by atoms with Crippen molar-refractivity contribution in [3.05, 3.63) is 88.9 Å². The number of pyridine rings is 1. The summed E-state index contributed by atoms with van der Waals surface area (Å²) in [6, 6.07) is 14.9. The van der Waals surface area contributed by atoms with Gasteiger partial charge in [-0.2, -0.15) is 0 Å². The van der Waals surface area contributed by atoms with Gasteiger partial charge in [-0.15, -0.1) is 0 Å². The molecule has 0 N–H and O–H groups in total. The molecule has 2 heterocycles. The first-order valence-electron chi connectivity index (χ1n) is 8.89. The lowest BCUT2D eigenvalue weighted by Gasteiger charge is -2.12. The molecule has 0 saturated carbocycles. The minimum atomic E-state index is -0.130. The number of carbonyl (C=O) groups is 1. The summed E-state index contributed by atoms with van der Waals surface area (Å²) in [6.07, 6.45) is 5.07. The zero-order valence-corrected chi connectivity index (χ0v) is 15.6. The van der Waals surface area contributed by atoms with E-state index in [0.29, 0.717) is 29.4 Å². The van der Waals surface area contributed by atoms with Crippen LogP contribution < -0.4 is 14.2 Å². The van der Waals surface area contributed by atoms with Crippen molar-refractivity contribution in [2.24, 2.45) is 0 Å². The molecule has 0 aliphatic carbocycles. The number of nitrogens with zero attached hydrogens (tertiary/aromatic N) is 1. The molecule has 1 aliphatic heterocycles. The molecule has 0 spiro atoms. The first kappa shape index (κ1) is 17.8. The van der Waals surface area contributed by atoms with E-state index in [4.69, 9.17) is 14.2 Å². The van der Waals surface area contributed by atoms with Crippen LogP contribution in [0, 0.1) is 6.92 Å². The number of hydrogen-bond donors (Lipinski definition) is 0. The first-order chi connectivity index (χ1) is 13.7. The molecule has 1 aliphatic rings. The fourth-order valence-electron chi connectivity index (χ4n) is 3.06. The Kier molecular flexibility index (Phi) is 4.81. The molecule has 0 radical (unpaired) electrons. The van der Waals surface area contributed by atoms with Crippen LogP contribution in [0.2, 0.25) is 0 Å². The molecule has 140 valence electrons. The van der Waals surface area contributed by atoms with Crippen LogP contribution in [0.4, 0.5) is 0 Å². The average Bonchev–Trinajstić information content (AvgIpc) is 3.05. The Hall–Kier alpha value is -3.60. The second-order valence-electron chi connectivity index (χ2n) is 6.43. The molecule has 0 amide bonds. The number of rotatable bonds is 5. The molecule has 5 nitrogen and oxygen atoms in total. The van der Waals surface area contributed by atoms with Gasteiger partial charge in [-0.3, -0.25) is 9.78 Å². The summed E-state index contributed by atoms with van der Waals surface area (Å²) in [5.41, 5.74) is 3.20. The zero-order chi connectivity index (χ0) is 19.5. The van der Waals surface area contributed by atoms with Gasteiger partial charge in [-0.25, -0.2) is 0 Å². The molecule has 0 bridgehead atoms. The standard InChI is InChI=1S/C23H19NO4/c1-15-20(27-14-17-4-3-5-18(12-17)26-2)7-6-19-22(25)21(28-23(15)19)13-16-8-10-24-11-9-16/h3-13H,14H2,1-2H3/b21-13-. The number of ether oxygens (including phenoxy) is 3. The van der Waals surface area contributed by atoms with Crippen LogP contribution in [-0.4, -0.2) is 17.9 Å². The van der Waals surface area contributed by atoms with Gasteiger partial charge in [0.15, 0.2) is 5.76 Å². The molecule has 28 heavy (non-hydrogen) atoms. The van der Waals surface area contributed by atoms with Crippen LogP contribution in [0.3, 0.4) is 0 Å². The number of fused-ring (bicyclic) bond motifs is 1. The fraction of sp³-hybridized carbons (Fsp3) is 0.130. The third-order valence-electron chi connectivity index (χ3n) is 4.57. The topological polar surface area (TPSA) is 57.6 Å². The van der Waals surface area contributed by atoms with Gasteiger partial charge >= 0.3 is 0 Å². The molecule has 1 aromatic heterocycles. The molecule has 0 unspecified atom stereocenters. The van der Waals surface area contributed by atoms with Crippen molar-refractivity contribution in [3.8, 4) is 17.2 Å². The number of hydrogen-bond acceptors (Lipinski definition) is 5. The second kappa shape index (κ2) is 7.56. The predicted octanol–water partition coefficient (Wildman–Crippen LogP) is 4.59. The summed E-state index contributed by atoms with van der Waals surface area (Å²) in [6.45, 7) is 2.28. The van der Waals surface area contributed by atoms with Gasteiger partial charge in [0, 0.05) is 18.0 Å². The van der Waals surface area contributed by atoms with E-state index in [9.17, 15) is 4.79 Å². The third kappa shape index (κ3) is 3.47. The number of benzene rings is 2. The highest BCUT2D eigenvalue weighted by atomic mass is 16.5. The van der Waals surface area contributed by atoms with Crippen molar-refractivity contribution in [1.82, 2.24) is 4.98 Å². The maximum Gasteiger partial charge on any atom is 0.231 e. The Morgan fingerprint density at radius 3 is 2.71 bits per heavy atom. The van der Waals surface area contributed by atoms with Gasteiger partial charge in [-0.05, 0) is 60.5 Å². The Labute approximate surface area is 163 Å². The highest BCUT2D eigenvalue weighted by molar-refractivity contribution is 6.14. The van der Waals surface area contributed by atoms with Gasteiger partial charge in [-0.1, -0.05) is 12.1 Å². The summed E-state index contributed by atoms with van der Waals surface area (Å²) in [7, 11) is 1.63. The molecular weight excluding hydrogens is 354 g/mol. The number of methoxy groups -OCH3 is 1. The van der Waals surface area contributed by atoms with Gasteiger partial charge in [0.2, 0.25) is 5.78 Å². The number of carbonyl (C=O) groups excluding carboxylic acids is 1. The fourth-order valence-corrected chi connectivity index (χ4v) is 3.06. The van der Waals surface area contributed by atoms with Crippen LogP contribution in [0.5, 0.6) is 17.2 Å². The molecule has 0 fully saturated rings. The lowest BCUT2D eigenvalue weighted by Crippen LogP contribution is -1.99. The van der Waals surface area contributed by atoms with Crippen LogP contribution in [0.1, 0.15) is 27.0 Å². The van der Waals surface area contributed by atoms with Crippen molar-refractivity contribution < 1.29 is 19.0 Å². The number of allylic oxidation sites excluding steroid dienone is 1. The van der Waals surface area contributed by atoms with Crippen molar-refractivity contribution in [1.29, 1.82) is 0 Å². The zero-order valence-electron chi connectivity index (χ0n) is 15.6. The number of ketones is 1. The van der Waals surface area contributed by atoms with Crippen molar-refractivity contribution in [2.75, 3.05) is 7.11 Å². The summed E-state index contributed by atoms with van der Waals surface area (Å²) in [5.74, 6) is 2.18. The van der Waals surface area contributed by atoms with Gasteiger partial charge < -0.3 is 14.2 Å². The second-order valence-corrected chi connectivity index (χ2v) is 6.43. The molecule has 2 aromatic carbocycles. The highest BCUT2D eigenvalue weighted by Gasteiger charge is 2.30. The Balaban J connectivity index is 1.56. The van der Waals surface area contributed by atoms with Gasteiger partial charge in [0.25, 0.3) is 0 Å².